The molecule has 0 amide bonds. The highest BCUT2D eigenvalue weighted by Gasteiger charge is 2.06. The molecule has 5 rings (SSSR count). The Morgan fingerprint density at radius 1 is 0.533 bits per heavy atom. The van der Waals surface area contributed by atoms with Crippen molar-refractivity contribution >= 4 is 39.4 Å². The van der Waals surface area contributed by atoms with Crippen LogP contribution in [0.1, 0.15) is 0 Å². The number of hydrogen-bond acceptors (Lipinski definition) is 1. The van der Waals surface area contributed by atoms with Crippen LogP contribution in [0.15, 0.2) is 129 Å². The maximum absolute atomic E-state index is 3.87. The number of rotatable bonds is 4. The Balaban J connectivity index is 0.000000145. The normalized spacial score (nSPS) is 10.3. The Bertz CT molecular complexity index is 1170. The third-order valence-corrected chi connectivity index (χ3v) is 5.05. The molecule has 0 N–H and O–H groups in total. The molecule has 0 saturated heterocycles. The van der Waals surface area contributed by atoms with Crippen LogP contribution in [0.3, 0.4) is 0 Å². The molecule has 1 heterocycles. The summed E-state index contributed by atoms with van der Waals surface area (Å²) in [7, 11) is 0. The van der Waals surface area contributed by atoms with Crippen molar-refractivity contribution in [1.82, 2.24) is 4.57 Å². The van der Waals surface area contributed by atoms with Crippen molar-refractivity contribution < 1.29 is 0 Å². The minimum Gasteiger partial charge on any atom is -0.318 e. The molecular weight excluding hydrogens is 364 g/mol. The van der Waals surface area contributed by atoms with Gasteiger partial charge in [-0.15, -0.1) is 0 Å². The summed E-state index contributed by atoms with van der Waals surface area (Å²) >= 11 is 0. The number of benzene rings is 4. The fourth-order valence-electron chi connectivity index (χ4n) is 3.69. The molecule has 0 aliphatic rings. The van der Waals surface area contributed by atoms with Gasteiger partial charge in [0.05, 0.1) is 11.0 Å². The van der Waals surface area contributed by atoms with Crippen LogP contribution in [0.25, 0.3) is 28.0 Å². The van der Waals surface area contributed by atoms with Gasteiger partial charge in [0.15, 0.2) is 0 Å². The minimum absolute atomic E-state index is 1.12. The molecule has 5 aromatic rings. The maximum atomic E-state index is 3.87. The summed E-state index contributed by atoms with van der Waals surface area (Å²) < 4.78 is 2.13. The number of fused-ring (bicyclic) bond motifs is 3. The van der Waals surface area contributed by atoms with E-state index < -0.39 is 0 Å². The third kappa shape index (κ3) is 3.76. The predicted octanol–water partition coefficient (Wildman–Crippen LogP) is 7.86. The van der Waals surface area contributed by atoms with E-state index in [2.05, 4.69) is 95.4 Å². The first kappa shape index (κ1) is 19.3. The van der Waals surface area contributed by atoms with Gasteiger partial charge in [-0.25, -0.2) is 0 Å². The van der Waals surface area contributed by atoms with E-state index in [4.69, 9.17) is 0 Å². The third-order valence-electron chi connectivity index (χ3n) is 5.05. The molecule has 0 aliphatic carbocycles. The molecule has 146 valence electrons. The van der Waals surface area contributed by atoms with Crippen LogP contribution in [-0.2, 0) is 0 Å². The Morgan fingerprint density at radius 2 is 0.933 bits per heavy atom. The molecule has 0 aliphatic heterocycles. The Labute approximate surface area is 177 Å². The fraction of sp³-hybridized carbons (Fsp3) is 0. The van der Waals surface area contributed by atoms with E-state index in [1.165, 1.54) is 21.8 Å². The zero-order chi connectivity index (χ0) is 20.8. The molecule has 30 heavy (non-hydrogen) atoms. The number of aromatic nitrogens is 1. The average molecular weight is 389 g/mol. The first-order chi connectivity index (χ1) is 14.8. The zero-order valence-electron chi connectivity index (χ0n) is 16.9. The second-order valence-corrected chi connectivity index (χ2v) is 6.81. The molecule has 0 bridgehead atoms. The van der Waals surface area contributed by atoms with Crippen molar-refractivity contribution in [2.45, 2.75) is 0 Å². The summed E-state index contributed by atoms with van der Waals surface area (Å²) in [5, 5.41) is 2.57. The van der Waals surface area contributed by atoms with Crippen molar-refractivity contribution in [2.24, 2.45) is 0 Å². The van der Waals surface area contributed by atoms with Crippen LogP contribution in [0, 0.1) is 0 Å². The molecular formula is C28H24N2. The van der Waals surface area contributed by atoms with Crippen LogP contribution in [0.4, 0.5) is 11.4 Å². The van der Waals surface area contributed by atoms with Crippen molar-refractivity contribution in [3.8, 4) is 0 Å². The molecule has 2 nitrogen and oxygen atoms in total. The van der Waals surface area contributed by atoms with E-state index in [0.29, 0.717) is 0 Å². The van der Waals surface area contributed by atoms with Crippen molar-refractivity contribution in [2.75, 3.05) is 4.90 Å². The maximum Gasteiger partial charge on any atom is 0.0534 e. The summed E-state index contributed by atoms with van der Waals surface area (Å²) in [6.07, 6.45) is 3.69. The Morgan fingerprint density at radius 3 is 1.33 bits per heavy atom. The standard InChI is InChI=1S/C14H11N.C14H13N/c1-2-15-13-9-5-3-7-11(13)12-8-4-6-10-14(12)15;1-2-15(13-9-5-3-6-10-13)14-11-7-4-8-12-14/h2-10H,1H2;2-12H,1H2. The lowest BCUT2D eigenvalue weighted by atomic mass is 10.2. The van der Waals surface area contributed by atoms with Gasteiger partial charge in [0.1, 0.15) is 0 Å². The molecule has 0 saturated carbocycles. The summed E-state index contributed by atoms with van der Waals surface area (Å²) in [5.41, 5.74) is 4.68. The van der Waals surface area contributed by atoms with Crippen LogP contribution in [-0.4, -0.2) is 4.57 Å². The average Bonchev–Trinajstić information content (AvgIpc) is 3.15. The van der Waals surface area contributed by atoms with Gasteiger partial charge >= 0.3 is 0 Å². The van der Waals surface area contributed by atoms with Gasteiger partial charge in [0.25, 0.3) is 0 Å². The van der Waals surface area contributed by atoms with Gasteiger partial charge in [0, 0.05) is 34.5 Å². The summed E-state index contributed by atoms with van der Waals surface area (Å²) in [4.78, 5) is 2.06. The summed E-state index contributed by atoms with van der Waals surface area (Å²) in [6.45, 7) is 7.71. The van der Waals surface area contributed by atoms with E-state index in [1.807, 2.05) is 48.8 Å². The summed E-state index contributed by atoms with van der Waals surface area (Å²) in [6, 6.07) is 37.2. The van der Waals surface area contributed by atoms with Crippen LogP contribution in [0.2, 0.25) is 0 Å². The molecule has 0 radical (unpaired) electrons. The van der Waals surface area contributed by atoms with E-state index in [-0.39, 0.29) is 0 Å². The van der Waals surface area contributed by atoms with E-state index in [0.717, 1.165) is 11.4 Å². The van der Waals surface area contributed by atoms with Gasteiger partial charge in [-0.1, -0.05) is 86.0 Å². The molecule has 0 fully saturated rings. The highest BCUT2D eigenvalue weighted by Crippen LogP contribution is 2.28. The lowest BCUT2D eigenvalue weighted by molar-refractivity contribution is 1.29. The number of para-hydroxylation sites is 4. The smallest absolute Gasteiger partial charge is 0.0534 e. The number of anilines is 2. The van der Waals surface area contributed by atoms with E-state index >= 15 is 0 Å². The van der Waals surface area contributed by atoms with Crippen LogP contribution in [0.5, 0.6) is 0 Å². The Hall–Kier alpha value is -4.04. The molecule has 0 spiro atoms. The lowest BCUT2D eigenvalue weighted by Gasteiger charge is -2.19. The topological polar surface area (TPSA) is 8.17 Å². The van der Waals surface area contributed by atoms with Crippen molar-refractivity contribution in [3.63, 3.8) is 0 Å². The minimum atomic E-state index is 1.12. The number of nitrogens with zero attached hydrogens (tertiary/aromatic N) is 2. The van der Waals surface area contributed by atoms with Gasteiger partial charge in [0.2, 0.25) is 0 Å². The SMILES string of the molecule is C=CN(c1ccccc1)c1ccccc1.C=Cn1c2ccccc2c2ccccc21. The molecule has 2 heteroatoms. The molecule has 4 aromatic carbocycles. The van der Waals surface area contributed by atoms with Gasteiger partial charge in [-0.05, 0) is 36.4 Å². The highest BCUT2D eigenvalue weighted by molar-refractivity contribution is 6.09. The quantitative estimate of drug-likeness (QED) is 0.304. The van der Waals surface area contributed by atoms with Gasteiger partial charge in [-0.3, -0.25) is 0 Å². The second kappa shape index (κ2) is 8.97. The molecule has 0 atom stereocenters. The highest BCUT2D eigenvalue weighted by atomic mass is 15.1. The van der Waals surface area contributed by atoms with E-state index in [9.17, 15) is 0 Å². The van der Waals surface area contributed by atoms with Crippen LogP contribution < -0.4 is 4.90 Å². The van der Waals surface area contributed by atoms with Crippen molar-refractivity contribution in [3.05, 3.63) is 129 Å². The zero-order valence-corrected chi connectivity index (χ0v) is 16.9. The monoisotopic (exact) mass is 388 g/mol. The molecule has 0 unspecified atom stereocenters. The van der Waals surface area contributed by atoms with Gasteiger partial charge < -0.3 is 9.47 Å². The van der Waals surface area contributed by atoms with Gasteiger partial charge in [-0.2, -0.15) is 0 Å². The fourth-order valence-corrected chi connectivity index (χ4v) is 3.69. The van der Waals surface area contributed by atoms with Crippen LogP contribution >= 0.6 is 0 Å². The van der Waals surface area contributed by atoms with Crippen molar-refractivity contribution in [1.29, 1.82) is 0 Å². The lowest BCUT2D eigenvalue weighted by Crippen LogP contribution is -2.06. The molecule has 1 aromatic heterocycles. The summed E-state index contributed by atoms with van der Waals surface area (Å²) in [5.74, 6) is 0. The first-order valence-corrected chi connectivity index (χ1v) is 9.95. The second-order valence-electron chi connectivity index (χ2n) is 6.81. The largest absolute Gasteiger partial charge is 0.318 e. The number of hydrogen-bond donors (Lipinski definition) is 0. The Kier molecular flexibility index (Phi) is 5.77. The van der Waals surface area contributed by atoms with E-state index in [1.54, 1.807) is 0 Å². The first-order valence-electron chi connectivity index (χ1n) is 9.95. The predicted molar refractivity (Wildman–Crippen MR) is 131 cm³/mol.